The molecule has 5 nitrogen and oxygen atoms in total. The van der Waals surface area contributed by atoms with E-state index in [9.17, 15) is 0 Å². The number of nitrogens with one attached hydrogen (secondary N) is 1. The van der Waals surface area contributed by atoms with Crippen molar-refractivity contribution < 1.29 is 9.26 Å². The molecular formula is C16H29N3O2. The SMILES string of the molecule is CCCNC(C)C(c1nc(CC2CCCO2)no1)C(C)C. The first kappa shape index (κ1) is 16.4. The lowest BCUT2D eigenvalue weighted by Crippen LogP contribution is -2.35. The number of aromatic nitrogens is 2. The molecule has 120 valence electrons. The molecular weight excluding hydrogens is 266 g/mol. The Balaban J connectivity index is 2.00. The fourth-order valence-corrected chi connectivity index (χ4v) is 3.07. The van der Waals surface area contributed by atoms with Gasteiger partial charge in [0.2, 0.25) is 5.89 Å². The molecule has 2 heterocycles. The standard InChI is InChI=1S/C16H29N3O2/c1-5-8-17-12(4)15(11(2)3)16-18-14(19-21-16)10-13-7-6-9-20-13/h11-13,15,17H,5-10H2,1-4H3. The van der Waals surface area contributed by atoms with Gasteiger partial charge < -0.3 is 14.6 Å². The van der Waals surface area contributed by atoms with Gasteiger partial charge in [0.1, 0.15) is 0 Å². The van der Waals surface area contributed by atoms with Crippen molar-refractivity contribution in [2.24, 2.45) is 5.92 Å². The van der Waals surface area contributed by atoms with Crippen LogP contribution in [0.4, 0.5) is 0 Å². The third-order valence-corrected chi connectivity index (χ3v) is 4.18. The van der Waals surface area contributed by atoms with Crippen molar-refractivity contribution in [2.45, 2.75) is 71.4 Å². The second-order valence-electron chi connectivity index (χ2n) is 6.40. The number of hydrogen-bond donors (Lipinski definition) is 1. The van der Waals surface area contributed by atoms with Gasteiger partial charge in [0, 0.05) is 19.1 Å². The Hall–Kier alpha value is -0.940. The molecule has 1 N–H and O–H groups in total. The zero-order chi connectivity index (χ0) is 15.2. The van der Waals surface area contributed by atoms with Gasteiger partial charge in [-0.15, -0.1) is 0 Å². The molecule has 0 saturated carbocycles. The predicted molar refractivity (Wildman–Crippen MR) is 82.3 cm³/mol. The van der Waals surface area contributed by atoms with Gasteiger partial charge in [0.25, 0.3) is 0 Å². The molecule has 0 spiro atoms. The van der Waals surface area contributed by atoms with Crippen molar-refractivity contribution in [3.8, 4) is 0 Å². The molecule has 0 bridgehead atoms. The minimum absolute atomic E-state index is 0.252. The van der Waals surface area contributed by atoms with E-state index in [4.69, 9.17) is 9.26 Å². The smallest absolute Gasteiger partial charge is 0.231 e. The van der Waals surface area contributed by atoms with E-state index >= 15 is 0 Å². The molecule has 1 saturated heterocycles. The first-order valence-corrected chi connectivity index (χ1v) is 8.29. The minimum atomic E-state index is 0.252. The highest BCUT2D eigenvalue weighted by Gasteiger charge is 2.28. The molecule has 1 aromatic heterocycles. The van der Waals surface area contributed by atoms with Crippen LogP contribution in [-0.4, -0.2) is 35.4 Å². The Morgan fingerprint density at radius 1 is 1.33 bits per heavy atom. The summed E-state index contributed by atoms with van der Waals surface area (Å²) in [6, 6.07) is 0.334. The molecule has 3 atom stereocenters. The second kappa shape index (κ2) is 7.90. The summed E-state index contributed by atoms with van der Waals surface area (Å²) < 4.78 is 11.2. The van der Waals surface area contributed by atoms with E-state index in [1.54, 1.807) is 0 Å². The van der Waals surface area contributed by atoms with Crippen LogP contribution < -0.4 is 5.32 Å². The van der Waals surface area contributed by atoms with Crippen LogP contribution >= 0.6 is 0 Å². The molecule has 0 amide bonds. The molecule has 0 aliphatic carbocycles. The lowest BCUT2D eigenvalue weighted by Gasteiger charge is -2.25. The van der Waals surface area contributed by atoms with Gasteiger partial charge in [0.15, 0.2) is 5.82 Å². The Labute approximate surface area is 127 Å². The molecule has 3 unspecified atom stereocenters. The summed E-state index contributed by atoms with van der Waals surface area (Å²) in [5, 5.41) is 7.69. The molecule has 0 aromatic carbocycles. The fraction of sp³-hybridized carbons (Fsp3) is 0.875. The molecule has 1 fully saturated rings. The quantitative estimate of drug-likeness (QED) is 0.799. The highest BCUT2D eigenvalue weighted by molar-refractivity contribution is 5.01. The van der Waals surface area contributed by atoms with E-state index in [1.807, 2.05) is 0 Å². The maximum absolute atomic E-state index is 5.64. The van der Waals surface area contributed by atoms with Gasteiger partial charge in [0.05, 0.1) is 12.0 Å². The highest BCUT2D eigenvalue weighted by atomic mass is 16.5. The molecule has 1 aliphatic rings. The van der Waals surface area contributed by atoms with Gasteiger partial charge in [-0.1, -0.05) is 25.9 Å². The van der Waals surface area contributed by atoms with E-state index in [1.165, 1.54) is 0 Å². The van der Waals surface area contributed by atoms with Crippen molar-refractivity contribution in [2.75, 3.05) is 13.2 Å². The Bertz CT molecular complexity index is 413. The van der Waals surface area contributed by atoms with Crippen LogP contribution in [0, 0.1) is 5.92 Å². The van der Waals surface area contributed by atoms with Gasteiger partial charge in [-0.3, -0.25) is 0 Å². The first-order valence-electron chi connectivity index (χ1n) is 8.29. The van der Waals surface area contributed by atoms with Crippen molar-refractivity contribution in [1.29, 1.82) is 0 Å². The fourth-order valence-electron chi connectivity index (χ4n) is 3.07. The summed E-state index contributed by atoms with van der Waals surface area (Å²) in [6.45, 7) is 10.7. The zero-order valence-electron chi connectivity index (χ0n) is 13.8. The summed E-state index contributed by atoms with van der Waals surface area (Å²) in [6.07, 6.45) is 4.41. The van der Waals surface area contributed by atoms with E-state index < -0.39 is 0 Å². The Morgan fingerprint density at radius 2 is 2.14 bits per heavy atom. The van der Waals surface area contributed by atoms with Crippen LogP contribution in [0.5, 0.6) is 0 Å². The average Bonchev–Trinajstić information content (AvgIpc) is 3.09. The maximum Gasteiger partial charge on any atom is 0.231 e. The highest BCUT2D eigenvalue weighted by Crippen LogP contribution is 2.27. The summed E-state index contributed by atoms with van der Waals surface area (Å²) in [7, 11) is 0. The second-order valence-corrected chi connectivity index (χ2v) is 6.40. The largest absolute Gasteiger partial charge is 0.378 e. The van der Waals surface area contributed by atoms with Crippen molar-refractivity contribution in [3.05, 3.63) is 11.7 Å². The molecule has 0 radical (unpaired) electrons. The van der Waals surface area contributed by atoms with Crippen LogP contribution in [0.25, 0.3) is 0 Å². The molecule has 1 aliphatic heterocycles. The van der Waals surface area contributed by atoms with Crippen LogP contribution in [0.1, 0.15) is 64.6 Å². The molecule has 21 heavy (non-hydrogen) atoms. The summed E-state index contributed by atoms with van der Waals surface area (Å²) in [5.74, 6) is 2.25. The lowest BCUT2D eigenvalue weighted by atomic mass is 9.89. The number of nitrogens with zero attached hydrogens (tertiary/aromatic N) is 2. The minimum Gasteiger partial charge on any atom is -0.378 e. The Kier molecular flexibility index (Phi) is 6.18. The van der Waals surface area contributed by atoms with Crippen LogP contribution in [0.2, 0.25) is 0 Å². The molecule has 1 aromatic rings. The molecule has 5 heteroatoms. The number of ether oxygens (including phenoxy) is 1. The van der Waals surface area contributed by atoms with Gasteiger partial charge in [-0.2, -0.15) is 4.98 Å². The predicted octanol–water partition coefficient (Wildman–Crippen LogP) is 2.92. The van der Waals surface area contributed by atoms with E-state index in [-0.39, 0.29) is 12.0 Å². The first-order chi connectivity index (χ1) is 10.1. The zero-order valence-corrected chi connectivity index (χ0v) is 13.8. The third-order valence-electron chi connectivity index (χ3n) is 4.18. The Morgan fingerprint density at radius 3 is 2.76 bits per heavy atom. The van der Waals surface area contributed by atoms with Crippen molar-refractivity contribution in [3.63, 3.8) is 0 Å². The van der Waals surface area contributed by atoms with Gasteiger partial charge >= 0.3 is 0 Å². The number of rotatable bonds is 8. The average molecular weight is 295 g/mol. The summed E-state index contributed by atoms with van der Waals surface area (Å²) in [4.78, 5) is 4.63. The number of hydrogen-bond acceptors (Lipinski definition) is 5. The van der Waals surface area contributed by atoms with Crippen LogP contribution in [0.15, 0.2) is 4.52 Å². The maximum atomic E-state index is 5.64. The summed E-state index contributed by atoms with van der Waals surface area (Å²) >= 11 is 0. The monoisotopic (exact) mass is 295 g/mol. The topological polar surface area (TPSA) is 60.2 Å². The lowest BCUT2D eigenvalue weighted by molar-refractivity contribution is 0.109. The van der Waals surface area contributed by atoms with Crippen LogP contribution in [0.3, 0.4) is 0 Å². The van der Waals surface area contributed by atoms with E-state index in [0.29, 0.717) is 12.0 Å². The normalized spacial score (nSPS) is 21.9. The van der Waals surface area contributed by atoms with E-state index in [0.717, 1.165) is 50.6 Å². The molecule has 2 rings (SSSR count). The van der Waals surface area contributed by atoms with Crippen LogP contribution in [-0.2, 0) is 11.2 Å². The van der Waals surface area contributed by atoms with Crippen molar-refractivity contribution in [1.82, 2.24) is 15.5 Å². The third kappa shape index (κ3) is 4.51. The van der Waals surface area contributed by atoms with Gasteiger partial charge in [-0.25, -0.2) is 0 Å². The summed E-state index contributed by atoms with van der Waals surface area (Å²) in [5.41, 5.74) is 0. The van der Waals surface area contributed by atoms with E-state index in [2.05, 4.69) is 43.2 Å². The van der Waals surface area contributed by atoms with Crippen molar-refractivity contribution >= 4 is 0 Å². The van der Waals surface area contributed by atoms with Gasteiger partial charge in [-0.05, 0) is 38.6 Å².